The van der Waals surface area contributed by atoms with Crippen LogP contribution in [0.5, 0.6) is 5.75 Å². The van der Waals surface area contributed by atoms with Crippen LogP contribution in [-0.2, 0) is 16.0 Å². The fourth-order valence-electron chi connectivity index (χ4n) is 4.68. The van der Waals surface area contributed by atoms with Crippen molar-refractivity contribution >= 4 is 23.5 Å². The van der Waals surface area contributed by atoms with Crippen LogP contribution in [0.1, 0.15) is 49.3 Å². The number of benzene rings is 2. The summed E-state index contributed by atoms with van der Waals surface area (Å²) < 4.78 is 87.0. The fourth-order valence-corrected chi connectivity index (χ4v) is 4.68. The van der Waals surface area contributed by atoms with Gasteiger partial charge >= 0.3 is 30.0 Å². The molecule has 1 atom stereocenters. The summed E-state index contributed by atoms with van der Waals surface area (Å²) in [5, 5.41) is 29.7. The van der Waals surface area contributed by atoms with Gasteiger partial charge in [0.2, 0.25) is 0 Å². The maximum absolute atomic E-state index is 16.3. The molecule has 0 saturated carbocycles. The molecular formula is C34H39F7N8O6. The highest BCUT2D eigenvalue weighted by atomic mass is 19.4. The van der Waals surface area contributed by atoms with Gasteiger partial charge in [-0.1, -0.05) is 32.9 Å². The lowest BCUT2D eigenvalue weighted by Crippen LogP contribution is -2.33. The quantitative estimate of drug-likeness (QED) is 0.0610. The number of pyridine rings is 1. The first-order chi connectivity index (χ1) is 25.4. The van der Waals surface area contributed by atoms with Crippen LogP contribution in [0.3, 0.4) is 0 Å². The monoisotopic (exact) mass is 788 g/mol. The van der Waals surface area contributed by atoms with Gasteiger partial charge < -0.3 is 30.9 Å². The van der Waals surface area contributed by atoms with E-state index < -0.39 is 41.8 Å². The largest absolute Gasteiger partial charge is 0.490 e. The maximum atomic E-state index is 16.3. The molecule has 14 nitrogen and oxygen atoms in total. The summed E-state index contributed by atoms with van der Waals surface area (Å²) in [7, 11) is 3.98. The van der Waals surface area contributed by atoms with Crippen LogP contribution in [-0.4, -0.2) is 92.2 Å². The fraction of sp³-hybridized carbons (Fsp3) is 0.353. The number of anilines is 1. The number of hydrogen-bond acceptors (Lipinski definition) is 9. The molecule has 4 aromatic rings. The van der Waals surface area contributed by atoms with Crippen LogP contribution < -0.4 is 21.5 Å². The number of rotatable bonds is 12. The van der Waals surface area contributed by atoms with Gasteiger partial charge in [-0.2, -0.15) is 31.0 Å². The number of aryl methyl sites for hydroxylation is 1. The molecular weight excluding hydrogens is 749 g/mol. The second-order valence-electron chi connectivity index (χ2n) is 12.6. The lowest BCUT2D eigenvalue weighted by Gasteiger charge is -2.28. The zero-order valence-corrected chi connectivity index (χ0v) is 30.0. The summed E-state index contributed by atoms with van der Waals surface area (Å²) in [6, 6.07) is 14.6. The first kappa shape index (κ1) is 45.2. The number of nitrogen functional groups attached to an aromatic ring is 1. The average molecular weight is 789 g/mol. The summed E-state index contributed by atoms with van der Waals surface area (Å²) in [6.07, 6.45) is -7.96. The lowest BCUT2D eigenvalue weighted by molar-refractivity contribution is -0.193. The van der Waals surface area contributed by atoms with E-state index in [-0.39, 0.29) is 28.4 Å². The SMILES string of the molecule is CCc1cc(OCC(C)(C)CN(C)C)c(F)c(C(Nc2ccc(C(=N)N)cc2)c2nn(-c3ccccn3)c(=O)[nH]2)c1.O=C(O)C(F)(F)F.O=C(O)C(F)(F)F. The highest BCUT2D eigenvalue weighted by Crippen LogP contribution is 2.33. The van der Waals surface area contributed by atoms with Crippen molar-refractivity contribution in [3.05, 3.63) is 99.6 Å². The van der Waals surface area contributed by atoms with Gasteiger partial charge in [-0.15, -0.1) is 5.10 Å². The topological polar surface area (TPSA) is 213 Å². The molecule has 0 aliphatic heterocycles. The summed E-state index contributed by atoms with van der Waals surface area (Å²) in [4.78, 5) is 39.8. The number of aromatic nitrogens is 4. The minimum absolute atomic E-state index is 0.0628. The molecule has 4 rings (SSSR count). The number of ether oxygens (including phenoxy) is 1. The van der Waals surface area contributed by atoms with Gasteiger partial charge in [0.15, 0.2) is 23.2 Å². The number of nitrogens with zero attached hydrogens (tertiary/aromatic N) is 4. The third-order valence-electron chi connectivity index (χ3n) is 6.98. The molecule has 0 aliphatic carbocycles. The standard InChI is InChI=1S/C30H37FN8O2.2C2HF3O2/c1-6-19-15-22(25(31)23(16-19)41-18-30(2,3)17-38(4)5)26(35-21-12-10-20(11-13-21)27(32)33)28-36-29(40)39(37-28)24-9-7-8-14-34-24;2*3-2(4,5)1(6)7/h7-16,26,35H,6,17-18H2,1-5H3,(H3,32,33)(H,36,37,40);2*(H,6,7). The van der Waals surface area contributed by atoms with Crippen LogP contribution in [0.4, 0.5) is 36.4 Å². The number of halogens is 7. The van der Waals surface area contributed by atoms with Crippen molar-refractivity contribution in [3.63, 3.8) is 0 Å². The number of H-pyrrole nitrogens is 1. The van der Waals surface area contributed by atoms with E-state index in [1.165, 1.54) is 0 Å². The van der Waals surface area contributed by atoms with E-state index in [0.29, 0.717) is 30.1 Å². The van der Waals surface area contributed by atoms with Crippen LogP contribution in [0.25, 0.3) is 5.82 Å². The number of carbonyl (C=O) groups is 2. The van der Waals surface area contributed by atoms with E-state index in [1.54, 1.807) is 60.8 Å². The van der Waals surface area contributed by atoms with Crippen LogP contribution in [0.15, 0.2) is 65.6 Å². The molecule has 0 fully saturated rings. The number of aromatic amines is 1. The zero-order valence-electron chi connectivity index (χ0n) is 30.0. The number of amidine groups is 1. The molecule has 21 heteroatoms. The molecule has 7 N–H and O–H groups in total. The molecule has 300 valence electrons. The number of carboxylic acids is 2. The van der Waals surface area contributed by atoms with Gasteiger partial charge in [-0.25, -0.2) is 23.8 Å². The minimum Gasteiger partial charge on any atom is -0.490 e. The van der Waals surface area contributed by atoms with Crippen molar-refractivity contribution in [2.45, 2.75) is 45.6 Å². The third-order valence-corrected chi connectivity index (χ3v) is 6.98. The highest BCUT2D eigenvalue weighted by molar-refractivity contribution is 5.95. The molecule has 0 bridgehead atoms. The third kappa shape index (κ3) is 14.1. The Balaban J connectivity index is 0.000000633. The number of nitrogens with two attached hydrogens (primary N) is 1. The predicted molar refractivity (Wildman–Crippen MR) is 186 cm³/mol. The van der Waals surface area contributed by atoms with Crippen LogP contribution >= 0.6 is 0 Å². The van der Waals surface area contributed by atoms with Gasteiger partial charge in [-0.05, 0) is 68.5 Å². The predicted octanol–water partition coefficient (Wildman–Crippen LogP) is 5.38. The molecule has 2 heterocycles. The van der Waals surface area contributed by atoms with E-state index in [4.69, 9.17) is 35.7 Å². The number of carboxylic acid groups (broad SMARTS) is 2. The first-order valence-corrected chi connectivity index (χ1v) is 15.9. The number of nitrogens with one attached hydrogen (secondary N) is 3. The van der Waals surface area contributed by atoms with E-state index in [1.807, 2.05) is 21.0 Å². The number of alkyl halides is 6. The van der Waals surface area contributed by atoms with Crippen LogP contribution in [0, 0.1) is 16.6 Å². The Morgan fingerprint density at radius 1 is 1.02 bits per heavy atom. The van der Waals surface area contributed by atoms with Crippen molar-refractivity contribution in [2.24, 2.45) is 11.1 Å². The zero-order chi connectivity index (χ0) is 41.9. The summed E-state index contributed by atoms with van der Waals surface area (Å²) in [5.41, 5.74) is 7.18. The molecule has 55 heavy (non-hydrogen) atoms. The Bertz CT molecular complexity index is 1940. The Labute approximate surface area is 309 Å². The molecule has 0 amide bonds. The normalized spacial score (nSPS) is 12.1. The maximum Gasteiger partial charge on any atom is 0.490 e. The van der Waals surface area contributed by atoms with E-state index in [0.717, 1.165) is 16.8 Å². The lowest BCUT2D eigenvalue weighted by atomic mass is 9.94. The van der Waals surface area contributed by atoms with Crippen molar-refractivity contribution in [3.8, 4) is 11.6 Å². The Morgan fingerprint density at radius 3 is 2.04 bits per heavy atom. The van der Waals surface area contributed by atoms with E-state index >= 15 is 4.39 Å². The molecule has 0 aliphatic rings. The van der Waals surface area contributed by atoms with Gasteiger partial charge in [-0.3, -0.25) is 10.4 Å². The molecule has 0 spiro atoms. The van der Waals surface area contributed by atoms with Gasteiger partial charge in [0, 0.05) is 35.0 Å². The van der Waals surface area contributed by atoms with Crippen molar-refractivity contribution < 1.29 is 55.3 Å². The van der Waals surface area contributed by atoms with Crippen molar-refractivity contribution in [1.82, 2.24) is 24.6 Å². The molecule has 1 unspecified atom stereocenters. The second-order valence-corrected chi connectivity index (χ2v) is 12.6. The molecule has 0 saturated heterocycles. The van der Waals surface area contributed by atoms with Gasteiger partial charge in [0.25, 0.3) is 0 Å². The average Bonchev–Trinajstić information content (AvgIpc) is 3.47. The van der Waals surface area contributed by atoms with Gasteiger partial charge in [0.05, 0.1) is 6.61 Å². The second kappa shape index (κ2) is 18.9. The highest BCUT2D eigenvalue weighted by Gasteiger charge is 2.39. The Morgan fingerprint density at radius 2 is 1.58 bits per heavy atom. The summed E-state index contributed by atoms with van der Waals surface area (Å²) >= 11 is 0. The van der Waals surface area contributed by atoms with Crippen LogP contribution in [0.2, 0.25) is 0 Å². The summed E-state index contributed by atoms with van der Waals surface area (Å²) in [5.74, 6) is -5.46. The summed E-state index contributed by atoms with van der Waals surface area (Å²) in [6.45, 7) is 7.20. The first-order valence-electron chi connectivity index (χ1n) is 15.9. The van der Waals surface area contributed by atoms with Gasteiger partial charge in [0.1, 0.15) is 11.9 Å². The smallest absolute Gasteiger partial charge is 0.490 e. The number of hydrogen-bond donors (Lipinski definition) is 6. The van der Waals surface area contributed by atoms with E-state index in [9.17, 15) is 31.1 Å². The molecule has 0 radical (unpaired) electrons. The Kier molecular flexibility index (Phi) is 15.5. The Hall–Kier alpha value is -5.99. The van der Waals surface area contributed by atoms with Crippen molar-refractivity contribution in [1.29, 1.82) is 5.41 Å². The number of aliphatic carboxylic acids is 2. The van der Waals surface area contributed by atoms with E-state index in [2.05, 4.69) is 39.1 Å². The molecule has 2 aromatic carbocycles. The van der Waals surface area contributed by atoms with Crippen molar-refractivity contribution in [2.75, 3.05) is 32.6 Å². The molecule has 2 aromatic heterocycles. The minimum atomic E-state index is -5.08.